The Morgan fingerprint density at radius 1 is 1.42 bits per heavy atom. The van der Waals surface area contributed by atoms with E-state index in [0.29, 0.717) is 12.2 Å². The molecule has 3 N–H and O–H groups in total. The van der Waals surface area contributed by atoms with Crippen LogP contribution in [0.3, 0.4) is 0 Å². The van der Waals surface area contributed by atoms with Crippen molar-refractivity contribution in [1.82, 2.24) is 4.72 Å². The quantitative estimate of drug-likeness (QED) is 0.590. The lowest BCUT2D eigenvalue weighted by atomic mass is 10.2. The van der Waals surface area contributed by atoms with Gasteiger partial charge in [0.25, 0.3) is 0 Å². The minimum atomic E-state index is -3.53. The zero-order valence-corrected chi connectivity index (χ0v) is 11.9. The Kier molecular flexibility index (Phi) is 4.31. The van der Waals surface area contributed by atoms with Gasteiger partial charge >= 0.3 is 0 Å². The van der Waals surface area contributed by atoms with Crippen LogP contribution in [-0.4, -0.2) is 22.1 Å². The molecule has 0 radical (unpaired) electrons. The van der Waals surface area contributed by atoms with Crippen LogP contribution in [0.2, 0.25) is 0 Å². The number of hydrogen-bond acceptors (Lipinski definition) is 4. The van der Waals surface area contributed by atoms with Crippen molar-refractivity contribution in [3.8, 4) is 5.75 Å². The van der Waals surface area contributed by atoms with Crippen molar-refractivity contribution in [2.75, 3.05) is 19.4 Å². The van der Waals surface area contributed by atoms with Crippen LogP contribution in [0.5, 0.6) is 5.75 Å². The van der Waals surface area contributed by atoms with E-state index in [9.17, 15) is 8.42 Å². The van der Waals surface area contributed by atoms with Gasteiger partial charge in [0.15, 0.2) is 0 Å². The van der Waals surface area contributed by atoms with Crippen molar-refractivity contribution in [3.05, 3.63) is 18.2 Å². The number of hydrogen-bond donors (Lipinski definition) is 2. The highest BCUT2D eigenvalue weighted by Gasteiger charge is 2.22. The number of ether oxygens (including phenoxy) is 1. The van der Waals surface area contributed by atoms with E-state index in [1.807, 2.05) is 0 Å². The van der Waals surface area contributed by atoms with Gasteiger partial charge in [-0.25, -0.2) is 13.1 Å². The standard InChI is InChI=1S/C13H20N2O3S/c1-18-12-9-11(14)6-7-13(12)19(16,17)15-8-2-3-10-4-5-10/h6-7,9-10,15H,2-5,8,14H2,1H3. The smallest absolute Gasteiger partial charge is 0.244 e. The average Bonchev–Trinajstić information content (AvgIpc) is 3.18. The summed E-state index contributed by atoms with van der Waals surface area (Å²) in [4.78, 5) is 0.135. The molecule has 1 aliphatic carbocycles. The average molecular weight is 284 g/mol. The first-order valence-electron chi connectivity index (χ1n) is 6.46. The van der Waals surface area contributed by atoms with Crippen molar-refractivity contribution in [1.29, 1.82) is 0 Å². The summed E-state index contributed by atoms with van der Waals surface area (Å²) in [5.74, 6) is 1.09. The van der Waals surface area contributed by atoms with Crippen LogP contribution in [0.1, 0.15) is 25.7 Å². The van der Waals surface area contributed by atoms with Gasteiger partial charge in [0.2, 0.25) is 10.0 Å². The zero-order chi connectivity index (χ0) is 13.9. The lowest BCUT2D eigenvalue weighted by Crippen LogP contribution is -2.25. The first-order valence-corrected chi connectivity index (χ1v) is 7.94. The highest BCUT2D eigenvalue weighted by molar-refractivity contribution is 7.89. The molecule has 0 unspecified atom stereocenters. The number of sulfonamides is 1. The number of methoxy groups -OCH3 is 1. The minimum Gasteiger partial charge on any atom is -0.495 e. The van der Waals surface area contributed by atoms with Crippen molar-refractivity contribution in [3.63, 3.8) is 0 Å². The molecule has 1 saturated carbocycles. The molecule has 0 aromatic heterocycles. The van der Waals surface area contributed by atoms with Crippen LogP contribution in [0, 0.1) is 5.92 Å². The number of anilines is 1. The summed E-state index contributed by atoms with van der Waals surface area (Å²) >= 11 is 0. The van der Waals surface area contributed by atoms with Gasteiger partial charge in [0, 0.05) is 18.3 Å². The number of rotatable bonds is 7. The normalized spacial score (nSPS) is 15.4. The third kappa shape index (κ3) is 3.84. The lowest BCUT2D eigenvalue weighted by molar-refractivity contribution is 0.402. The van der Waals surface area contributed by atoms with E-state index in [4.69, 9.17) is 10.5 Å². The SMILES string of the molecule is COc1cc(N)ccc1S(=O)(=O)NCCCC1CC1. The maximum atomic E-state index is 12.2. The monoisotopic (exact) mass is 284 g/mol. The molecule has 5 nitrogen and oxygen atoms in total. The predicted molar refractivity (Wildman–Crippen MR) is 74.6 cm³/mol. The molecule has 0 atom stereocenters. The van der Waals surface area contributed by atoms with Crippen molar-refractivity contribution in [2.24, 2.45) is 5.92 Å². The maximum Gasteiger partial charge on any atom is 0.244 e. The summed E-state index contributed by atoms with van der Waals surface area (Å²) in [7, 11) is -2.10. The molecule has 106 valence electrons. The van der Waals surface area contributed by atoms with E-state index in [1.54, 1.807) is 6.07 Å². The molecule has 6 heteroatoms. The molecule has 0 amide bonds. The largest absolute Gasteiger partial charge is 0.495 e. The molecule has 0 saturated heterocycles. The molecule has 0 bridgehead atoms. The minimum absolute atomic E-state index is 0.135. The highest BCUT2D eigenvalue weighted by atomic mass is 32.2. The van der Waals surface area contributed by atoms with E-state index in [1.165, 1.54) is 32.1 Å². The van der Waals surface area contributed by atoms with E-state index in [-0.39, 0.29) is 10.6 Å². The Labute approximate surface area is 114 Å². The van der Waals surface area contributed by atoms with Gasteiger partial charge in [-0.3, -0.25) is 0 Å². The second kappa shape index (κ2) is 5.79. The summed E-state index contributed by atoms with van der Waals surface area (Å²) in [6.45, 7) is 0.465. The highest BCUT2D eigenvalue weighted by Crippen LogP contribution is 2.33. The summed E-state index contributed by atoms with van der Waals surface area (Å²) in [5, 5.41) is 0. The van der Waals surface area contributed by atoms with Crippen LogP contribution >= 0.6 is 0 Å². The number of nitrogens with one attached hydrogen (secondary N) is 1. The topological polar surface area (TPSA) is 81.4 Å². The number of nitrogen functional groups attached to an aromatic ring is 1. The van der Waals surface area contributed by atoms with Gasteiger partial charge in [0.1, 0.15) is 10.6 Å². The molecule has 1 aromatic rings. The maximum absolute atomic E-state index is 12.2. The summed E-state index contributed by atoms with van der Waals surface area (Å²) < 4.78 is 32.0. The fourth-order valence-corrected chi connectivity index (χ4v) is 3.21. The summed E-state index contributed by atoms with van der Waals surface area (Å²) in [6.07, 6.45) is 4.56. The molecule has 0 heterocycles. The van der Waals surface area contributed by atoms with E-state index in [2.05, 4.69) is 4.72 Å². The first-order chi connectivity index (χ1) is 9.03. The van der Waals surface area contributed by atoms with Gasteiger partial charge in [-0.05, 0) is 30.9 Å². The number of benzene rings is 1. The Morgan fingerprint density at radius 3 is 2.79 bits per heavy atom. The van der Waals surface area contributed by atoms with Gasteiger partial charge in [-0.15, -0.1) is 0 Å². The molecule has 1 fully saturated rings. The second-order valence-corrected chi connectivity index (χ2v) is 6.63. The molecule has 19 heavy (non-hydrogen) atoms. The molecule has 1 aromatic carbocycles. The first kappa shape index (κ1) is 14.1. The summed E-state index contributed by atoms with van der Waals surface area (Å²) in [5.41, 5.74) is 6.09. The molecule has 0 spiro atoms. The fourth-order valence-electron chi connectivity index (χ4n) is 1.99. The molecular formula is C13H20N2O3S. The van der Waals surface area contributed by atoms with Crippen molar-refractivity contribution < 1.29 is 13.2 Å². The van der Waals surface area contributed by atoms with E-state index < -0.39 is 10.0 Å². The van der Waals surface area contributed by atoms with Crippen molar-refractivity contribution in [2.45, 2.75) is 30.6 Å². The Morgan fingerprint density at radius 2 is 2.16 bits per heavy atom. The molecule has 2 rings (SSSR count). The summed E-state index contributed by atoms with van der Waals surface area (Å²) in [6, 6.07) is 4.54. The molecule has 0 aliphatic heterocycles. The Bertz CT molecular complexity index is 539. The van der Waals surface area contributed by atoms with Gasteiger partial charge < -0.3 is 10.5 Å². The van der Waals surface area contributed by atoms with Crippen molar-refractivity contribution >= 4 is 15.7 Å². The zero-order valence-electron chi connectivity index (χ0n) is 11.1. The van der Waals surface area contributed by atoms with Gasteiger partial charge in [-0.1, -0.05) is 12.8 Å². The van der Waals surface area contributed by atoms with Crippen LogP contribution in [0.25, 0.3) is 0 Å². The third-order valence-electron chi connectivity index (χ3n) is 3.26. The van der Waals surface area contributed by atoms with Crippen LogP contribution in [0.15, 0.2) is 23.1 Å². The van der Waals surface area contributed by atoms with E-state index >= 15 is 0 Å². The Hall–Kier alpha value is -1.27. The molecule has 1 aliphatic rings. The molecular weight excluding hydrogens is 264 g/mol. The lowest BCUT2D eigenvalue weighted by Gasteiger charge is -2.11. The Balaban J connectivity index is 2.00. The fraction of sp³-hybridized carbons (Fsp3) is 0.538. The third-order valence-corrected chi connectivity index (χ3v) is 4.76. The predicted octanol–water partition coefficient (Wildman–Crippen LogP) is 1.75. The van der Waals surface area contributed by atoms with Crippen LogP contribution in [0.4, 0.5) is 5.69 Å². The van der Waals surface area contributed by atoms with Crippen LogP contribution < -0.4 is 15.2 Å². The van der Waals surface area contributed by atoms with Gasteiger partial charge in [-0.2, -0.15) is 0 Å². The second-order valence-electron chi connectivity index (χ2n) is 4.89. The van der Waals surface area contributed by atoms with E-state index in [0.717, 1.165) is 18.8 Å². The van der Waals surface area contributed by atoms with Gasteiger partial charge in [0.05, 0.1) is 7.11 Å². The van der Waals surface area contributed by atoms with Crippen LogP contribution in [-0.2, 0) is 10.0 Å². The number of nitrogens with two attached hydrogens (primary N) is 1.